The summed E-state index contributed by atoms with van der Waals surface area (Å²) >= 11 is 0. The first-order valence-electron chi connectivity index (χ1n) is 9.01. The molecule has 2 aliphatic rings. The van der Waals surface area contributed by atoms with Gasteiger partial charge in [0.05, 0.1) is 6.10 Å². The smallest absolute Gasteiger partial charge is 0.254 e. The van der Waals surface area contributed by atoms with Gasteiger partial charge in [0.2, 0.25) is 5.91 Å². The van der Waals surface area contributed by atoms with Gasteiger partial charge in [0, 0.05) is 37.8 Å². The van der Waals surface area contributed by atoms with Crippen LogP contribution in [0.2, 0.25) is 0 Å². The maximum Gasteiger partial charge on any atom is 0.254 e. The van der Waals surface area contributed by atoms with E-state index in [0.717, 1.165) is 28.8 Å². The fraction of sp³-hybridized carbons (Fsp3) is 0.333. The minimum absolute atomic E-state index is 0.0286. The minimum Gasteiger partial charge on any atom is -0.388 e. The lowest BCUT2D eigenvalue weighted by molar-refractivity contribution is -0.116. The maximum absolute atomic E-state index is 13.0. The number of hydrogen-bond donors (Lipinski definition) is 1. The molecule has 2 aliphatic heterocycles. The normalized spacial score (nSPS) is 18.9. The van der Waals surface area contributed by atoms with Crippen LogP contribution >= 0.6 is 0 Å². The molecule has 1 atom stereocenters. The monoisotopic (exact) mass is 350 g/mol. The van der Waals surface area contributed by atoms with E-state index >= 15 is 0 Å². The average molecular weight is 350 g/mol. The van der Waals surface area contributed by atoms with Gasteiger partial charge in [-0.05, 0) is 47.7 Å². The van der Waals surface area contributed by atoms with Crippen LogP contribution in [0, 0.1) is 0 Å². The van der Waals surface area contributed by atoms with Gasteiger partial charge in [0.25, 0.3) is 5.91 Å². The molecular formula is C21H22N2O3. The fourth-order valence-electron chi connectivity index (χ4n) is 3.94. The summed E-state index contributed by atoms with van der Waals surface area (Å²) in [6, 6.07) is 13.3. The lowest BCUT2D eigenvalue weighted by atomic mass is 10.0. The molecule has 4 rings (SSSR count). The van der Waals surface area contributed by atoms with Gasteiger partial charge < -0.3 is 14.9 Å². The molecule has 5 nitrogen and oxygen atoms in total. The molecule has 2 heterocycles. The van der Waals surface area contributed by atoms with Gasteiger partial charge in [-0.2, -0.15) is 0 Å². The van der Waals surface area contributed by atoms with Crippen molar-refractivity contribution in [2.24, 2.45) is 0 Å². The lowest BCUT2D eigenvalue weighted by Crippen LogP contribution is -2.31. The molecule has 134 valence electrons. The predicted molar refractivity (Wildman–Crippen MR) is 98.9 cm³/mol. The van der Waals surface area contributed by atoms with Crippen molar-refractivity contribution in [2.45, 2.75) is 32.4 Å². The molecular weight excluding hydrogens is 328 g/mol. The van der Waals surface area contributed by atoms with Crippen molar-refractivity contribution in [1.29, 1.82) is 0 Å². The maximum atomic E-state index is 13.0. The molecule has 2 aromatic carbocycles. The summed E-state index contributed by atoms with van der Waals surface area (Å²) in [5.41, 5.74) is 4.50. The number of carbonyl (C=O) groups excluding carboxylic acids is 2. The van der Waals surface area contributed by atoms with E-state index in [0.29, 0.717) is 31.6 Å². The highest BCUT2D eigenvalue weighted by Gasteiger charge is 2.27. The average Bonchev–Trinajstić information content (AvgIpc) is 3.00. The Morgan fingerprint density at radius 1 is 1.08 bits per heavy atom. The van der Waals surface area contributed by atoms with Crippen LogP contribution in [0.3, 0.4) is 0 Å². The largest absolute Gasteiger partial charge is 0.388 e. The van der Waals surface area contributed by atoms with E-state index in [1.807, 2.05) is 36.4 Å². The summed E-state index contributed by atoms with van der Waals surface area (Å²) in [4.78, 5) is 28.3. The second-order valence-corrected chi connectivity index (χ2v) is 6.99. The molecule has 0 bridgehead atoms. The zero-order valence-corrected chi connectivity index (χ0v) is 14.8. The van der Waals surface area contributed by atoms with E-state index in [-0.39, 0.29) is 11.8 Å². The molecule has 0 aromatic heterocycles. The van der Waals surface area contributed by atoms with Crippen LogP contribution in [0.5, 0.6) is 0 Å². The highest BCUT2D eigenvalue weighted by Crippen LogP contribution is 2.31. The Balaban J connectivity index is 1.60. The highest BCUT2D eigenvalue weighted by atomic mass is 16.3. The number of fused-ring (bicyclic) bond motifs is 2. The first-order chi connectivity index (χ1) is 12.5. The van der Waals surface area contributed by atoms with Crippen LogP contribution in [0.4, 0.5) is 5.69 Å². The number of amides is 2. The third-order valence-corrected chi connectivity index (χ3v) is 5.34. The van der Waals surface area contributed by atoms with E-state index in [1.165, 1.54) is 0 Å². The van der Waals surface area contributed by atoms with E-state index in [9.17, 15) is 14.7 Å². The van der Waals surface area contributed by atoms with Gasteiger partial charge in [0.15, 0.2) is 0 Å². The Kier molecular flexibility index (Phi) is 4.24. The van der Waals surface area contributed by atoms with Crippen molar-refractivity contribution in [2.75, 3.05) is 18.0 Å². The summed E-state index contributed by atoms with van der Waals surface area (Å²) < 4.78 is 0. The predicted octanol–water partition coefficient (Wildman–Crippen LogP) is 2.68. The second kappa shape index (κ2) is 6.57. The summed E-state index contributed by atoms with van der Waals surface area (Å²) in [6.07, 6.45) is 0.775. The summed E-state index contributed by atoms with van der Waals surface area (Å²) in [6.45, 7) is 3.26. The molecule has 2 aromatic rings. The van der Waals surface area contributed by atoms with Crippen LogP contribution in [0.25, 0.3) is 0 Å². The molecule has 2 amide bonds. The molecule has 0 spiro atoms. The van der Waals surface area contributed by atoms with Crippen LogP contribution in [0.1, 0.15) is 46.5 Å². The second-order valence-electron chi connectivity index (χ2n) is 6.99. The van der Waals surface area contributed by atoms with Crippen LogP contribution in [-0.4, -0.2) is 34.9 Å². The lowest BCUT2D eigenvalue weighted by Gasteiger charge is -2.21. The number of benzene rings is 2. The number of aliphatic hydroxyl groups is 1. The van der Waals surface area contributed by atoms with Gasteiger partial charge in [-0.3, -0.25) is 9.59 Å². The van der Waals surface area contributed by atoms with E-state index < -0.39 is 6.10 Å². The van der Waals surface area contributed by atoms with Crippen molar-refractivity contribution in [3.8, 4) is 0 Å². The highest BCUT2D eigenvalue weighted by molar-refractivity contribution is 5.98. The topological polar surface area (TPSA) is 60.9 Å². The molecule has 1 N–H and O–H groups in total. The number of nitrogens with zero attached hydrogens (tertiary/aromatic N) is 2. The molecule has 5 heteroatoms. The van der Waals surface area contributed by atoms with Crippen molar-refractivity contribution in [1.82, 2.24) is 4.90 Å². The molecule has 1 unspecified atom stereocenters. The van der Waals surface area contributed by atoms with Crippen molar-refractivity contribution >= 4 is 17.5 Å². The van der Waals surface area contributed by atoms with Gasteiger partial charge in [0.1, 0.15) is 0 Å². The number of anilines is 1. The molecule has 0 saturated heterocycles. The number of rotatable bonds is 1. The molecule has 0 saturated carbocycles. The quantitative estimate of drug-likeness (QED) is 0.860. The van der Waals surface area contributed by atoms with Crippen LogP contribution < -0.4 is 4.90 Å². The van der Waals surface area contributed by atoms with E-state index in [2.05, 4.69) is 0 Å². The third kappa shape index (κ3) is 2.88. The SMILES string of the molecule is CC(=O)N1CCc2cc(C(=O)N3CCC(O)c4ccccc4C3)ccc21. The summed E-state index contributed by atoms with van der Waals surface area (Å²) in [5, 5.41) is 10.3. The summed E-state index contributed by atoms with van der Waals surface area (Å²) in [7, 11) is 0. The number of carbonyl (C=O) groups is 2. The van der Waals surface area contributed by atoms with Gasteiger partial charge in [-0.15, -0.1) is 0 Å². The van der Waals surface area contributed by atoms with E-state index in [4.69, 9.17) is 0 Å². The van der Waals surface area contributed by atoms with Crippen LogP contribution in [-0.2, 0) is 17.8 Å². The van der Waals surface area contributed by atoms with Gasteiger partial charge in [-0.1, -0.05) is 24.3 Å². The third-order valence-electron chi connectivity index (χ3n) is 5.34. The number of aliphatic hydroxyl groups excluding tert-OH is 1. The van der Waals surface area contributed by atoms with Crippen molar-refractivity contribution in [3.63, 3.8) is 0 Å². The molecule has 0 radical (unpaired) electrons. The zero-order valence-electron chi connectivity index (χ0n) is 14.8. The Bertz CT molecular complexity index is 877. The van der Waals surface area contributed by atoms with E-state index in [1.54, 1.807) is 22.8 Å². The first kappa shape index (κ1) is 16.8. The first-order valence-corrected chi connectivity index (χ1v) is 9.01. The standard InChI is InChI=1S/C21H22N2O3/c1-14(24)23-11-8-15-12-16(6-7-19(15)23)21(26)22-10-9-20(25)18-5-3-2-4-17(18)13-22/h2-7,12,20,25H,8-11,13H2,1H3. The van der Waals surface area contributed by atoms with Gasteiger partial charge >= 0.3 is 0 Å². The Labute approximate surface area is 152 Å². The molecule has 26 heavy (non-hydrogen) atoms. The van der Waals surface area contributed by atoms with Crippen molar-refractivity contribution in [3.05, 3.63) is 64.7 Å². The Morgan fingerprint density at radius 2 is 1.88 bits per heavy atom. The molecule has 0 fully saturated rings. The minimum atomic E-state index is -0.534. The Hall–Kier alpha value is -2.66. The van der Waals surface area contributed by atoms with Crippen LogP contribution in [0.15, 0.2) is 42.5 Å². The zero-order chi connectivity index (χ0) is 18.3. The Morgan fingerprint density at radius 3 is 2.69 bits per heavy atom. The van der Waals surface area contributed by atoms with Crippen molar-refractivity contribution < 1.29 is 14.7 Å². The van der Waals surface area contributed by atoms with Gasteiger partial charge in [-0.25, -0.2) is 0 Å². The summed E-state index contributed by atoms with van der Waals surface area (Å²) in [5.74, 6) is -0.00100. The molecule has 0 aliphatic carbocycles. The number of hydrogen-bond acceptors (Lipinski definition) is 3. The fourth-order valence-corrected chi connectivity index (χ4v) is 3.94.